The minimum absolute atomic E-state index is 0.0145. The van der Waals surface area contributed by atoms with Crippen LogP contribution >= 0.6 is 39.1 Å². The molecule has 14 heteroatoms. The van der Waals surface area contributed by atoms with Crippen molar-refractivity contribution in [1.82, 2.24) is 24.4 Å². The van der Waals surface area contributed by atoms with Crippen molar-refractivity contribution >= 4 is 56.5 Å². The van der Waals surface area contributed by atoms with Crippen LogP contribution in [0, 0.1) is 12.7 Å². The molecule has 0 radical (unpaired) electrons. The summed E-state index contributed by atoms with van der Waals surface area (Å²) in [5, 5.41) is 10.5. The minimum Gasteiger partial charge on any atom is -0.302 e. The molecule has 0 aliphatic heterocycles. The van der Waals surface area contributed by atoms with Crippen LogP contribution in [0.15, 0.2) is 34.9 Å². The monoisotopic (exact) mass is 564 g/mol. The quantitative estimate of drug-likeness (QED) is 0.319. The van der Waals surface area contributed by atoms with Crippen LogP contribution in [-0.4, -0.2) is 30.3 Å². The lowest BCUT2D eigenvalue weighted by atomic mass is 10.2. The third kappa shape index (κ3) is 4.55. The first-order valence-corrected chi connectivity index (χ1v) is 10.6. The number of carbonyl (C=O) groups is 1. The fourth-order valence-corrected chi connectivity index (χ4v) is 3.97. The highest BCUT2D eigenvalue weighted by molar-refractivity contribution is 9.10. The number of nitrogens with zero attached hydrogens (tertiary/aromatic N) is 5. The molecule has 0 saturated carbocycles. The van der Waals surface area contributed by atoms with Crippen LogP contribution in [-0.2, 0) is 12.7 Å². The van der Waals surface area contributed by atoms with Crippen molar-refractivity contribution < 1.29 is 22.4 Å². The summed E-state index contributed by atoms with van der Waals surface area (Å²) < 4.78 is 56.0. The highest BCUT2D eigenvalue weighted by atomic mass is 79.9. The van der Waals surface area contributed by atoms with Gasteiger partial charge >= 0.3 is 6.18 Å². The number of alkyl halides is 3. The van der Waals surface area contributed by atoms with Crippen molar-refractivity contribution in [1.29, 1.82) is 0 Å². The molecule has 33 heavy (non-hydrogen) atoms. The van der Waals surface area contributed by atoms with Crippen molar-refractivity contribution in [2.75, 3.05) is 5.32 Å². The fourth-order valence-electron chi connectivity index (χ4n) is 3.03. The molecule has 0 fully saturated rings. The lowest BCUT2D eigenvalue weighted by Crippen LogP contribution is -2.16. The van der Waals surface area contributed by atoms with Crippen LogP contribution < -0.4 is 5.32 Å². The van der Waals surface area contributed by atoms with Gasteiger partial charge in [0.15, 0.2) is 17.2 Å². The molecule has 172 valence electrons. The number of benzene rings is 1. The number of fused-ring (bicyclic) bond motifs is 1. The van der Waals surface area contributed by atoms with Gasteiger partial charge in [-0.25, -0.2) is 13.9 Å². The molecule has 1 amide bonds. The molecule has 0 bridgehead atoms. The third-order valence-electron chi connectivity index (χ3n) is 4.50. The van der Waals surface area contributed by atoms with Gasteiger partial charge in [-0.05, 0) is 41.1 Å². The third-order valence-corrected chi connectivity index (χ3v) is 5.86. The number of carbonyl (C=O) groups excluding carboxylic acids is 1. The number of aromatic nitrogens is 5. The average Bonchev–Trinajstić information content (AvgIpc) is 3.23. The van der Waals surface area contributed by atoms with Gasteiger partial charge in [-0.2, -0.15) is 23.4 Å². The van der Waals surface area contributed by atoms with Crippen molar-refractivity contribution in [3.05, 3.63) is 73.4 Å². The largest absolute Gasteiger partial charge is 0.433 e. The Bertz CT molecular complexity index is 1380. The van der Waals surface area contributed by atoms with Gasteiger partial charge in [-0.3, -0.25) is 9.48 Å². The highest BCUT2D eigenvalue weighted by Crippen LogP contribution is 2.33. The predicted molar refractivity (Wildman–Crippen MR) is 116 cm³/mol. The second-order valence-corrected chi connectivity index (χ2v) is 8.46. The Balaban J connectivity index is 1.65. The second-order valence-electron chi connectivity index (χ2n) is 6.86. The normalized spacial score (nSPS) is 11.9. The van der Waals surface area contributed by atoms with E-state index in [0.29, 0.717) is 4.52 Å². The molecule has 4 aromatic rings. The molecule has 0 spiro atoms. The molecule has 0 unspecified atom stereocenters. The van der Waals surface area contributed by atoms with Gasteiger partial charge in [0, 0.05) is 22.5 Å². The van der Waals surface area contributed by atoms with Crippen LogP contribution in [0.2, 0.25) is 10.0 Å². The van der Waals surface area contributed by atoms with Crippen LogP contribution in [0.1, 0.15) is 27.4 Å². The zero-order valence-electron chi connectivity index (χ0n) is 16.4. The molecular weight excluding hydrogens is 555 g/mol. The molecule has 0 atom stereocenters. The smallest absolute Gasteiger partial charge is 0.302 e. The van der Waals surface area contributed by atoms with E-state index in [1.165, 1.54) is 36.0 Å². The zero-order valence-corrected chi connectivity index (χ0v) is 19.5. The maximum atomic E-state index is 14.0. The molecule has 1 N–H and O–H groups in total. The Kier molecular flexibility index (Phi) is 6.10. The summed E-state index contributed by atoms with van der Waals surface area (Å²) >= 11 is 15.2. The van der Waals surface area contributed by atoms with Crippen LogP contribution in [0.3, 0.4) is 0 Å². The Hall–Kier alpha value is -2.70. The number of hydrogen-bond acceptors (Lipinski definition) is 4. The number of halogens is 7. The number of aryl methyl sites for hydroxylation is 1. The lowest BCUT2D eigenvalue weighted by molar-refractivity contribution is -0.142. The van der Waals surface area contributed by atoms with E-state index in [1.54, 1.807) is 0 Å². The molecule has 0 saturated heterocycles. The predicted octanol–water partition coefficient (Wildman–Crippen LogP) is 5.76. The summed E-state index contributed by atoms with van der Waals surface area (Å²) in [6.07, 6.45) is -3.38. The van der Waals surface area contributed by atoms with Crippen molar-refractivity contribution in [2.24, 2.45) is 0 Å². The summed E-state index contributed by atoms with van der Waals surface area (Å²) in [5.41, 5.74) is -1.37. The molecular formula is C19H11BrCl2F4N6O. The second kappa shape index (κ2) is 8.58. The van der Waals surface area contributed by atoms with Crippen LogP contribution in [0.4, 0.5) is 23.4 Å². The van der Waals surface area contributed by atoms with E-state index >= 15 is 0 Å². The van der Waals surface area contributed by atoms with Gasteiger partial charge in [-0.15, -0.1) is 0 Å². The molecule has 3 heterocycles. The zero-order chi connectivity index (χ0) is 24.1. The number of nitrogens with one attached hydrogen (secondary N) is 1. The minimum atomic E-state index is -4.72. The van der Waals surface area contributed by atoms with Gasteiger partial charge in [0.2, 0.25) is 0 Å². The van der Waals surface area contributed by atoms with Crippen LogP contribution in [0.25, 0.3) is 5.65 Å². The van der Waals surface area contributed by atoms with Gasteiger partial charge in [0.05, 0.1) is 11.0 Å². The highest BCUT2D eigenvalue weighted by Gasteiger charge is 2.36. The summed E-state index contributed by atoms with van der Waals surface area (Å²) in [7, 11) is 0. The number of rotatable bonds is 4. The SMILES string of the molecule is Cc1cc(C(F)(F)F)n2nc(C(=O)Nc3nn(Cc4c(F)cccc4Cl)cc3Cl)c(Br)c2n1. The number of anilines is 1. The van der Waals surface area contributed by atoms with Gasteiger partial charge in [-0.1, -0.05) is 29.3 Å². The summed E-state index contributed by atoms with van der Waals surface area (Å²) in [6.45, 7) is 1.32. The molecule has 4 rings (SSSR count). The fraction of sp³-hybridized carbons (Fsp3) is 0.158. The Morgan fingerprint density at radius 1 is 1.21 bits per heavy atom. The van der Waals surface area contributed by atoms with E-state index in [0.717, 1.165) is 6.07 Å². The van der Waals surface area contributed by atoms with E-state index in [9.17, 15) is 22.4 Å². The molecule has 0 aliphatic rings. The molecule has 7 nitrogen and oxygen atoms in total. The topological polar surface area (TPSA) is 77.1 Å². The first-order chi connectivity index (χ1) is 15.5. The number of amides is 1. The Morgan fingerprint density at radius 3 is 2.61 bits per heavy atom. The average molecular weight is 566 g/mol. The van der Waals surface area contributed by atoms with Gasteiger partial charge in [0.25, 0.3) is 5.91 Å². The van der Waals surface area contributed by atoms with E-state index < -0.39 is 23.6 Å². The van der Waals surface area contributed by atoms with E-state index in [4.69, 9.17) is 23.2 Å². The molecule has 3 aromatic heterocycles. The molecule has 0 aliphatic carbocycles. The summed E-state index contributed by atoms with van der Waals surface area (Å²) in [5.74, 6) is -1.52. The van der Waals surface area contributed by atoms with Crippen molar-refractivity contribution in [2.45, 2.75) is 19.6 Å². The Morgan fingerprint density at radius 2 is 1.94 bits per heavy atom. The number of hydrogen-bond donors (Lipinski definition) is 1. The first kappa shape index (κ1) is 23.5. The van der Waals surface area contributed by atoms with Gasteiger partial charge < -0.3 is 5.32 Å². The maximum Gasteiger partial charge on any atom is 0.433 e. The van der Waals surface area contributed by atoms with E-state index in [-0.39, 0.29) is 49.5 Å². The first-order valence-electron chi connectivity index (χ1n) is 9.06. The maximum absolute atomic E-state index is 14.0. The lowest BCUT2D eigenvalue weighted by Gasteiger charge is -2.09. The summed E-state index contributed by atoms with van der Waals surface area (Å²) in [4.78, 5) is 16.8. The Labute approximate surface area is 201 Å². The van der Waals surface area contributed by atoms with E-state index in [2.05, 4.69) is 36.4 Å². The molecule has 1 aromatic carbocycles. The van der Waals surface area contributed by atoms with Crippen LogP contribution in [0.5, 0.6) is 0 Å². The van der Waals surface area contributed by atoms with Crippen molar-refractivity contribution in [3.8, 4) is 0 Å². The van der Waals surface area contributed by atoms with Gasteiger partial charge in [0.1, 0.15) is 16.5 Å². The summed E-state index contributed by atoms with van der Waals surface area (Å²) in [6, 6.07) is 5.02. The van der Waals surface area contributed by atoms with Crippen molar-refractivity contribution in [3.63, 3.8) is 0 Å². The van der Waals surface area contributed by atoms with E-state index in [1.807, 2.05) is 0 Å². The standard InChI is InChI=1S/C19H11BrCl2F4N6O/c1-8-5-13(19(24,25)26)32-17(27-8)14(20)15(29-32)18(33)28-16-11(22)7-31(30-16)6-9-10(21)3-2-4-12(9)23/h2-5,7H,6H2,1H3,(H,28,30,33).